The molecule has 0 fully saturated rings. The zero-order valence-electron chi connectivity index (χ0n) is 8.78. The van der Waals surface area contributed by atoms with Crippen molar-refractivity contribution in [2.45, 2.75) is 0 Å². The summed E-state index contributed by atoms with van der Waals surface area (Å²) in [5.41, 5.74) is 0.760. The third kappa shape index (κ3) is 2.02. The molecule has 1 aliphatic rings. The van der Waals surface area contributed by atoms with Crippen LogP contribution in [0, 0.1) is 0 Å². The van der Waals surface area contributed by atoms with Gasteiger partial charge in [-0.25, -0.2) is 9.97 Å². The minimum Gasteiger partial charge on any atom is -0.454 e. The van der Waals surface area contributed by atoms with Crippen molar-refractivity contribution in [1.82, 2.24) is 9.97 Å². The smallest absolute Gasteiger partial charge is 0.231 e. The first-order valence-electron chi connectivity index (χ1n) is 4.94. The molecule has 2 aromatic rings. The third-order valence-electron chi connectivity index (χ3n) is 2.40. The molecule has 0 radical (unpaired) electrons. The van der Waals surface area contributed by atoms with Gasteiger partial charge in [0.15, 0.2) is 17.3 Å². The van der Waals surface area contributed by atoms with E-state index in [0.717, 1.165) is 5.56 Å². The fourth-order valence-corrected chi connectivity index (χ4v) is 2.12. The van der Waals surface area contributed by atoms with Crippen LogP contribution in [0.2, 0.25) is 10.3 Å². The van der Waals surface area contributed by atoms with E-state index < -0.39 is 0 Å². The quantitative estimate of drug-likeness (QED) is 0.733. The van der Waals surface area contributed by atoms with Crippen LogP contribution in [-0.2, 0) is 0 Å². The van der Waals surface area contributed by atoms with Crippen molar-refractivity contribution in [3.05, 3.63) is 33.0 Å². The van der Waals surface area contributed by atoms with E-state index >= 15 is 0 Å². The number of nitrogens with zero attached hydrogens (tertiary/aromatic N) is 2. The Balaban J connectivity index is 2.10. The molecule has 1 aliphatic heterocycles. The topological polar surface area (TPSA) is 44.2 Å². The molecule has 18 heavy (non-hydrogen) atoms. The van der Waals surface area contributed by atoms with E-state index in [-0.39, 0.29) is 17.1 Å². The van der Waals surface area contributed by atoms with Crippen LogP contribution in [0.15, 0.2) is 22.7 Å². The largest absolute Gasteiger partial charge is 0.454 e. The number of ether oxygens (including phenoxy) is 2. The lowest BCUT2D eigenvalue weighted by Crippen LogP contribution is -1.93. The van der Waals surface area contributed by atoms with E-state index in [1.54, 1.807) is 12.1 Å². The molecule has 2 heterocycles. The lowest BCUT2D eigenvalue weighted by molar-refractivity contribution is 0.174. The standard InChI is InChI=1S/C11H5BrCl2N2O2/c12-8-9(13)15-11(16-10(8)14)5-1-2-6-7(3-5)18-4-17-6/h1-3H,4H2. The highest BCUT2D eigenvalue weighted by Gasteiger charge is 2.16. The van der Waals surface area contributed by atoms with Crippen molar-refractivity contribution >= 4 is 39.1 Å². The lowest BCUT2D eigenvalue weighted by atomic mass is 10.2. The van der Waals surface area contributed by atoms with Crippen LogP contribution in [0.5, 0.6) is 11.5 Å². The summed E-state index contributed by atoms with van der Waals surface area (Å²) in [6.45, 7) is 0.224. The minimum absolute atomic E-state index is 0.224. The molecule has 0 amide bonds. The van der Waals surface area contributed by atoms with Gasteiger partial charge in [0.25, 0.3) is 0 Å². The van der Waals surface area contributed by atoms with Gasteiger partial charge in [-0.05, 0) is 34.1 Å². The minimum atomic E-state index is 0.224. The fraction of sp³-hybridized carbons (Fsp3) is 0.0909. The normalized spacial score (nSPS) is 12.8. The van der Waals surface area contributed by atoms with Crippen molar-refractivity contribution < 1.29 is 9.47 Å². The average Bonchev–Trinajstić information content (AvgIpc) is 2.82. The van der Waals surface area contributed by atoms with Gasteiger partial charge in [0.1, 0.15) is 10.3 Å². The molecule has 1 aromatic heterocycles. The second-order valence-electron chi connectivity index (χ2n) is 3.51. The Kier molecular flexibility index (Phi) is 3.05. The van der Waals surface area contributed by atoms with Gasteiger partial charge >= 0.3 is 0 Å². The van der Waals surface area contributed by atoms with Crippen LogP contribution >= 0.6 is 39.1 Å². The number of halogens is 3. The predicted molar refractivity (Wildman–Crippen MR) is 71.3 cm³/mol. The summed E-state index contributed by atoms with van der Waals surface area (Å²) in [6.07, 6.45) is 0. The van der Waals surface area contributed by atoms with E-state index in [1.165, 1.54) is 0 Å². The first-order valence-corrected chi connectivity index (χ1v) is 6.48. The summed E-state index contributed by atoms with van der Waals surface area (Å²) in [7, 11) is 0. The molecule has 0 unspecified atom stereocenters. The zero-order valence-corrected chi connectivity index (χ0v) is 11.9. The SMILES string of the molecule is Clc1nc(-c2ccc3c(c2)OCO3)nc(Cl)c1Br. The summed E-state index contributed by atoms with van der Waals surface area (Å²) in [4.78, 5) is 8.31. The number of hydrogen-bond donors (Lipinski definition) is 0. The van der Waals surface area contributed by atoms with Gasteiger partial charge in [0.05, 0.1) is 4.47 Å². The van der Waals surface area contributed by atoms with Crippen LogP contribution in [-0.4, -0.2) is 16.8 Å². The summed E-state index contributed by atoms with van der Waals surface area (Å²) in [5, 5.41) is 0.533. The number of aromatic nitrogens is 2. The van der Waals surface area contributed by atoms with E-state index in [4.69, 9.17) is 32.7 Å². The molecular weight excluding hydrogens is 343 g/mol. The number of hydrogen-bond acceptors (Lipinski definition) is 4. The molecule has 0 saturated heterocycles. The van der Waals surface area contributed by atoms with Gasteiger partial charge in [-0.15, -0.1) is 0 Å². The van der Waals surface area contributed by atoms with Crippen LogP contribution in [0.25, 0.3) is 11.4 Å². The van der Waals surface area contributed by atoms with Crippen molar-refractivity contribution in [3.63, 3.8) is 0 Å². The highest BCUT2D eigenvalue weighted by Crippen LogP contribution is 2.36. The Hall–Kier alpha value is -1.04. The van der Waals surface area contributed by atoms with E-state index in [1.807, 2.05) is 6.07 Å². The Morgan fingerprint density at radius 3 is 2.44 bits per heavy atom. The molecule has 0 bridgehead atoms. The monoisotopic (exact) mass is 346 g/mol. The molecule has 92 valence electrons. The number of fused-ring (bicyclic) bond motifs is 1. The van der Waals surface area contributed by atoms with Gasteiger partial charge in [-0.3, -0.25) is 0 Å². The van der Waals surface area contributed by atoms with Crippen LogP contribution in [0.3, 0.4) is 0 Å². The zero-order chi connectivity index (χ0) is 12.7. The Morgan fingerprint density at radius 1 is 1.06 bits per heavy atom. The molecule has 0 aliphatic carbocycles. The first-order chi connectivity index (χ1) is 8.65. The number of benzene rings is 1. The molecule has 0 N–H and O–H groups in total. The maximum atomic E-state index is 5.95. The lowest BCUT2D eigenvalue weighted by Gasteiger charge is -2.04. The van der Waals surface area contributed by atoms with Gasteiger partial charge in [0, 0.05) is 5.56 Å². The summed E-state index contributed by atoms with van der Waals surface area (Å²) in [6, 6.07) is 5.41. The van der Waals surface area contributed by atoms with Gasteiger partial charge in [-0.2, -0.15) is 0 Å². The van der Waals surface area contributed by atoms with Crippen molar-refractivity contribution in [2.75, 3.05) is 6.79 Å². The van der Waals surface area contributed by atoms with Crippen molar-refractivity contribution in [1.29, 1.82) is 0 Å². The predicted octanol–water partition coefficient (Wildman–Crippen LogP) is 3.94. The molecular formula is C11H5BrCl2N2O2. The van der Waals surface area contributed by atoms with Gasteiger partial charge in [0.2, 0.25) is 6.79 Å². The maximum Gasteiger partial charge on any atom is 0.231 e. The molecule has 0 spiro atoms. The molecule has 1 aromatic carbocycles. The van der Waals surface area contributed by atoms with Crippen LogP contribution < -0.4 is 9.47 Å². The second-order valence-corrected chi connectivity index (χ2v) is 5.02. The summed E-state index contributed by atoms with van der Waals surface area (Å²) >= 11 is 15.1. The molecule has 4 nitrogen and oxygen atoms in total. The summed E-state index contributed by atoms with van der Waals surface area (Å²) < 4.78 is 11.0. The van der Waals surface area contributed by atoms with E-state index in [0.29, 0.717) is 21.8 Å². The molecule has 0 saturated carbocycles. The van der Waals surface area contributed by atoms with Crippen LogP contribution in [0.4, 0.5) is 0 Å². The molecule has 0 atom stereocenters. The van der Waals surface area contributed by atoms with Crippen molar-refractivity contribution in [2.24, 2.45) is 0 Å². The maximum absolute atomic E-state index is 5.95. The van der Waals surface area contributed by atoms with Gasteiger partial charge in [-0.1, -0.05) is 23.2 Å². The second kappa shape index (κ2) is 4.57. The van der Waals surface area contributed by atoms with E-state index in [9.17, 15) is 0 Å². The average molecular weight is 348 g/mol. The Morgan fingerprint density at radius 2 is 1.72 bits per heavy atom. The van der Waals surface area contributed by atoms with E-state index in [2.05, 4.69) is 25.9 Å². The molecule has 7 heteroatoms. The third-order valence-corrected chi connectivity index (χ3v) is 4.16. The summed E-state index contributed by atoms with van der Waals surface area (Å²) in [5.74, 6) is 1.80. The Labute approximate surface area is 121 Å². The van der Waals surface area contributed by atoms with Crippen LogP contribution in [0.1, 0.15) is 0 Å². The highest BCUT2D eigenvalue weighted by molar-refractivity contribution is 9.10. The Bertz CT molecular complexity index is 613. The van der Waals surface area contributed by atoms with Crippen molar-refractivity contribution in [3.8, 4) is 22.9 Å². The van der Waals surface area contributed by atoms with Gasteiger partial charge < -0.3 is 9.47 Å². The first kappa shape index (κ1) is 12.0. The molecule has 3 rings (SSSR count). The highest BCUT2D eigenvalue weighted by atomic mass is 79.9. The fourth-order valence-electron chi connectivity index (χ4n) is 1.56. The number of rotatable bonds is 1.